The first-order valence-corrected chi connectivity index (χ1v) is 10.1. The van der Waals surface area contributed by atoms with Crippen LogP contribution in [0.5, 0.6) is 0 Å². The molecule has 2 aromatic carbocycles. The molecule has 150 valence electrons. The minimum absolute atomic E-state index is 0. The number of carbonyl (C=O) groups is 1. The molecule has 0 aromatic heterocycles. The van der Waals surface area contributed by atoms with Crippen LogP contribution in [0.2, 0.25) is 0 Å². The van der Waals surface area contributed by atoms with Gasteiger partial charge in [-0.05, 0) is 48.9 Å². The van der Waals surface area contributed by atoms with Gasteiger partial charge in [-0.3, -0.25) is 9.69 Å². The molecular weight excluding hydrogens is 370 g/mol. The quantitative estimate of drug-likeness (QED) is 0.811. The van der Waals surface area contributed by atoms with Gasteiger partial charge in [-0.1, -0.05) is 54.6 Å². The van der Waals surface area contributed by atoms with Crippen LogP contribution in [0.3, 0.4) is 0 Å². The highest BCUT2D eigenvalue weighted by atomic mass is 35.5. The lowest BCUT2D eigenvalue weighted by Gasteiger charge is -2.28. The number of hydrogen-bond acceptors (Lipinski definition) is 3. The molecule has 2 aromatic rings. The fraction of sp³-hybridized carbons (Fsp3) is 0.435. The Morgan fingerprint density at radius 2 is 1.86 bits per heavy atom. The van der Waals surface area contributed by atoms with E-state index >= 15 is 0 Å². The third-order valence-corrected chi connectivity index (χ3v) is 6.03. The number of nitrogens with one attached hydrogen (secondary N) is 2. The lowest BCUT2D eigenvalue weighted by molar-refractivity contribution is -0.124. The van der Waals surface area contributed by atoms with Crippen molar-refractivity contribution in [2.45, 2.75) is 44.9 Å². The predicted molar refractivity (Wildman–Crippen MR) is 115 cm³/mol. The summed E-state index contributed by atoms with van der Waals surface area (Å²) < 4.78 is 0. The molecule has 0 aliphatic carbocycles. The minimum Gasteiger partial charge on any atom is -0.352 e. The van der Waals surface area contributed by atoms with Gasteiger partial charge in [0.15, 0.2) is 0 Å². The fourth-order valence-electron chi connectivity index (χ4n) is 4.34. The van der Waals surface area contributed by atoms with Crippen LogP contribution in [0.1, 0.15) is 30.0 Å². The zero-order valence-corrected chi connectivity index (χ0v) is 17.3. The second kappa shape index (κ2) is 9.55. The zero-order chi connectivity index (χ0) is 18.6. The highest BCUT2D eigenvalue weighted by Crippen LogP contribution is 2.22. The Morgan fingerprint density at radius 1 is 1.14 bits per heavy atom. The van der Waals surface area contributed by atoms with Crippen LogP contribution >= 0.6 is 12.4 Å². The first-order valence-electron chi connectivity index (χ1n) is 10.1. The van der Waals surface area contributed by atoms with Crippen molar-refractivity contribution in [2.24, 2.45) is 5.92 Å². The summed E-state index contributed by atoms with van der Waals surface area (Å²) in [6.07, 6.45) is 1.93. The lowest BCUT2D eigenvalue weighted by Crippen LogP contribution is -2.51. The summed E-state index contributed by atoms with van der Waals surface area (Å²) in [4.78, 5) is 15.3. The molecule has 0 radical (unpaired) electrons. The third-order valence-electron chi connectivity index (χ3n) is 6.03. The molecule has 28 heavy (non-hydrogen) atoms. The topological polar surface area (TPSA) is 44.4 Å². The van der Waals surface area contributed by atoms with Crippen molar-refractivity contribution in [1.29, 1.82) is 0 Å². The van der Waals surface area contributed by atoms with Gasteiger partial charge in [-0.15, -0.1) is 12.4 Å². The first-order chi connectivity index (χ1) is 13.2. The summed E-state index contributed by atoms with van der Waals surface area (Å²) in [6.45, 7) is 6.09. The van der Waals surface area contributed by atoms with Crippen molar-refractivity contribution in [3.63, 3.8) is 0 Å². The maximum atomic E-state index is 12.8. The molecule has 2 N–H and O–H groups in total. The highest BCUT2D eigenvalue weighted by Gasteiger charge is 2.30. The smallest absolute Gasteiger partial charge is 0.237 e. The Labute approximate surface area is 174 Å². The van der Waals surface area contributed by atoms with Crippen molar-refractivity contribution in [3.8, 4) is 0 Å². The van der Waals surface area contributed by atoms with Gasteiger partial charge >= 0.3 is 0 Å². The van der Waals surface area contributed by atoms with E-state index in [-0.39, 0.29) is 30.4 Å². The van der Waals surface area contributed by atoms with Gasteiger partial charge in [-0.2, -0.15) is 0 Å². The van der Waals surface area contributed by atoms with E-state index in [0.29, 0.717) is 5.92 Å². The van der Waals surface area contributed by atoms with Crippen LogP contribution in [0.4, 0.5) is 0 Å². The largest absolute Gasteiger partial charge is 0.352 e. The normalized spacial score (nSPS) is 22.8. The van der Waals surface area contributed by atoms with Crippen molar-refractivity contribution >= 4 is 18.3 Å². The molecule has 2 aliphatic rings. The molecule has 3 atom stereocenters. The molecule has 0 spiro atoms. The number of hydrogen-bond donors (Lipinski definition) is 2. The summed E-state index contributed by atoms with van der Waals surface area (Å²) in [7, 11) is 0. The lowest BCUT2D eigenvalue weighted by atomic mass is 9.94. The predicted octanol–water partition coefficient (Wildman–Crippen LogP) is 3.15. The van der Waals surface area contributed by atoms with Crippen molar-refractivity contribution < 1.29 is 4.79 Å². The Hall–Kier alpha value is -1.88. The van der Waals surface area contributed by atoms with Crippen molar-refractivity contribution in [1.82, 2.24) is 15.5 Å². The van der Waals surface area contributed by atoms with Crippen molar-refractivity contribution in [2.75, 3.05) is 13.1 Å². The Bertz CT molecular complexity index is 782. The maximum Gasteiger partial charge on any atom is 0.237 e. The van der Waals surface area contributed by atoms with Gasteiger partial charge in [0.1, 0.15) is 0 Å². The van der Waals surface area contributed by atoms with Gasteiger partial charge in [0.05, 0.1) is 6.04 Å². The number of nitrogens with zero attached hydrogens (tertiary/aromatic N) is 1. The molecule has 2 aliphatic heterocycles. The highest BCUT2D eigenvalue weighted by molar-refractivity contribution is 5.85. The van der Waals surface area contributed by atoms with E-state index in [4.69, 9.17) is 0 Å². The average molecular weight is 400 g/mol. The van der Waals surface area contributed by atoms with E-state index in [2.05, 4.69) is 77.1 Å². The van der Waals surface area contributed by atoms with E-state index in [1.807, 2.05) is 0 Å². The molecule has 4 nitrogen and oxygen atoms in total. The first kappa shape index (κ1) is 20.8. The van der Waals surface area contributed by atoms with Gasteiger partial charge in [0.25, 0.3) is 0 Å². The maximum absolute atomic E-state index is 12.8. The third kappa shape index (κ3) is 4.93. The molecule has 3 unspecified atom stereocenters. The second-order valence-corrected chi connectivity index (χ2v) is 7.97. The molecule has 5 heteroatoms. The molecule has 4 rings (SSSR count). The summed E-state index contributed by atoms with van der Waals surface area (Å²) >= 11 is 0. The summed E-state index contributed by atoms with van der Waals surface area (Å²) in [6, 6.07) is 19.1. The number of fused-ring (bicyclic) bond motifs is 1. The van der Waals surface area contributed by atoms with Crippen LogP contribution in [-0.4, -0.2) is 36.0 Å². The van der Waals surface area contributed by atoms with E-state index in [1.165, 1.54) is 16.7 Å². The summed E-state index contributed by atoms with van der Waals surface area (Å²) in [5.74, 6) is 0.659. The Balaban J connectivity index is 0.00000225. The SMILES string of the molecule is CC(NC(=O)C1Cc2ccccc2CN1)C1CCN(Cc2ccccc2)C1.Cl. The van der Waals surface area contributed by atoms with Gasteiger partial charge in [-0.25, -0.2) is 0 Å². The number of rotatable bonds is 5. The van der Waals surface area contributed by atoms with Gasteiger partial charge in [0.2, 0.25) is 5.91 Å². The molecule has 1 fully saturated rings. The van der Waals surface area contributed by atoms with Crippen LogP contribution in [0.25, 0.3) is 0 Å². The summed E-state index contributed by atoms with van der Waals surface area (Å²) in [5, 5.41) is 6.67. The van der Waals surface area contributed by atoms with E-state index in [1.54, 1.807) is 0 Å². The fourth-order valence-corrected chi connectivity index (χ4v) is 4.34. The monoisotopic (exact) mass is 399 g/mol. The minimum atomic E-state index is -0.121. The van der Waals surface area contributed by atoms with Gasteiger partial charge in [0, 0.05) is 25.7 Å². The van der Waals surface area contributed by atoms with E-state index < -0.39 is 0 Å². The molecule has 0 saturated carbocycles. The standard InChI is InChI=1S/C23H29N3O.ClH/c1-17(21-11-12-26(16-21)15-18-7-3-2-4-8-18)25-23(27)22-13-19-9-5-6-10-20(19)14-24-22;/h2-10,17,21-22,24H,11-16H2,1H3,(H,25,27);1H. The molecular formula is C23H30ClN3O. The number of halogens is 1. The molecule has 0 bridgehead atoms. The van der Waals surface area contributed by atoms with Gasteiger partial charge < -0.3 is 10.6 Å². The number of carbonyl (C=O) groups excluding carboxylic acids is 1. The van der Waals surface area contributed by atoms with E-state index in [9.17, 15) is 4.79 Å². The van der Waals surface area contributed by atoms with Crippen LogP contribution in [0.15, 0.2) is 54.6 Å². The average Bonchev–Trinajstić information content (AvgIpc) is 3.17. The Kier molecular flexibility index (Phi) is 7.11. The number of benzene rings is 2. The molecule has 2 heterocycles. The number of likely N-dealkylation sites (tertiary alicyclic amines) is 1. The van der Waals surface area contributed by atoms with E-state index in [0.717, 1.165) is 39.0 Å². The van der Waals surface area contributed by atoms with Crippen LogP contribution in [0, 0.1) is 5.92 Å². The molecule has 1 amide bonds. The zero-order valence-electron chi connectivity index (χ0n) is 16.4. The second-order valence-electron chi connectivity index (χ2n) is 7.97. The van der Waals surface area contributed by atoms with Crippen LogP contribution in [-0.2, 0) is 24.3 Å². The number of amides is 1. The van der Waals surface area contributed by atoms with Crippen LogP contribution < -0.4 is 10.6 Å². The molecule has 1 saturated heterocycles. The Morgan fingerprint density at radius 3 is 2.64 bits per heavy atom. The van der Waals surface area contributed by atoms with Crippen molar-refractivity contribution in [3.05, 3.63) is 71.3 Å². The summed E-state index contributed by atoms with van der Waals surface area (Å²) in [5.41, 5.74) is 3.96.